The van der Waals surface area contributed by atoms with Crippen LogP contribution in [0.1, 0.15) is 87.3 Å². The van der Waals surface area contributed by atoms with Gasteiger partial charge in [-0.25, -0.2) is 0 Å². The molecule has 0 aromatic heterocycles. The molecule has 2 N–H and O–H groups in total. The first-order chi connectivity index (χ1) is 14.8. The van der Waals surface area contributed by atoms with E-state index in [0.29, 0.717) is 18.8 Å². The number of aliphatic hydroxyl groups excluding tert-OH is 1. The maximum atomic E-state index is 12.8. The monoisotopic (exact) mass is 437 g/mol. The third kappa shape index (κ3) is 5.17. The molecule has 0 bridgehead atoms. The Labute approximate surface area is 193 Å². The highest BCUT2D eigenvalue weighted by atomic mass is 16.5. The summed E-state index contributed by atoms with van der Waals surface area (Å²) in [4.78, 5) is 12.8. The van der Waals surface area contributed by atoms with E-state index in [-0.39, 0.29) is 17.9 Å². The van der Waals surface area contributed by atoms with Crippen molar-refractivity contribution in [3.8, 4) is 5.75 Å². The van der Waals surface area contributed by atoms with E-state index in [4.69, 9.17) is 4.74 Å². The van der Waals surface area contributed by atoms with Gasteiger partial charge >= 0.3 is 0 Å². The molecular formula is C28H39NO3. The summed E-state index contributed by atoms with van der Waals surface area (Å²) in [7, 11) is 0. The summed E-state index contributed by atoms with van der Waals surface area (Å²) in [5, 5.41) is 13.2. The Bertz CT molecular complexity index is 999. The summed E-state index contributed by atoms with van der Waals surface area (Å²) in [5.41, 5.74) is 6.95. The maximum absolute atomic E-state index is 12.8. The van der Waals surface area contributed by atoms with Crippen molar-refractivity contribution < 1.29 is 14.6 Å². The van der Waals surface area contributed by atoms with Crippen LogP contribution in [0.15, 0.2) is 24.3 Å². The number of fused-ring (bicyclic) bond motifs is 1. The number of benzene rings is 2. The number of carbonyl (C=O) groups is 1. The lowest BCUT2D eigenvalue weighted by atomic mass is 9.88. The SMILES string of the molecule is Cc1c(Cc2ccc(C(C)C)cc2)c2c(c(C)c1NC(=O)CC(C)(C)C)CC(C)(CO)O2. The first kappa shape index (κ1) is 24.3. The third-order valence-corrected chi connectivity index (χ3v) is 6.42. The van der Waals surface area contributed by atoms with Gasteiger partial charge in [0.1, 0.15) is 11.4 Å². The van der Waals surface area contributed by atoms with Crippen molar-refractivity contribution in [2.75, 3.05) is 11.9 Å². The Morgan fingerprint density at radius 3 is 2.31 bits per heavy atom. The molecule has 0 fully saturated rings. The summed E-state index contributed by atoms with van der Waals surface area (Å²) in [6.07, 6.45) is 1.81. The van der Waals surface area contributed by atoms with Crippen LogP contribution in [0.5, 0.6) is 5.75 Å². The molecule has 1 atom stereocenters. The summed E-state index contributed by atoms with van der Waals surface area (Å²) < 4.78 is 6.35. The van der Waals surface area contributed by atoms with Crippen molar-refractivity contribution in [1.29, 1.82) is 0 Å². The second-order valence-electron chi connectivity index (χ2n) is 11.2. The van der Waals surface area contributed by atoms with Crippen molar-refractivity contribution in [3.63, 3.8) is 0 Å². The van der Waals surface area contributed by atoms with Gasteiger partial charge in [0, 0.05) is 36.1 Å². The van der Waals surface area contributed by atoms with Crippen molar-refractivity contribution in [1.82, 2.24) is 0 Å². The van der Waals surface area contributed by atoms with Gasteiger partial charge in [0.2, 0.25) is 5.91 Å². The number of aliphatic hydroxyl groups is 1. The highest BCUT2D eigenvalue weighted by molar-refractivity contribution is 5.93. The number of anilines is 1. The van der Waals surface area contributed by atoms with Gasteiger partial charge in [0.15, 0.2) is 0 Å². The number of ether oxygens (including phenoxy) is 1. The molecule has 1 amide bonds. The Balaban J connectivity index is 2.05. The highest BCUT2D eigenvalue weighted by Crippen LogP contribution is 2.45. The zero-order valence-electron chi connectivity index (χ0n) is 21.0. The molecule has 0 saturated carbocycles. The molecule has 0 saturated heterocycles. The second-order valence-corrected chi connectivity index (χ2v) is 11.2. The largest absolute Gasteiger partial charge is 0.484 e. The van der Waals surface area contributed by atoms with Crippen LogP contribution in [-0.2, 0) is 17.6 Å². The van der Waals surface area contributed by atoms with Crippen molar-refractivity contribution in [2.45, 2.75) is 86.2 Å². The fraction of sp³-hybridized carbons (Fsp3) is 0.536. The van der Waals surface area contributed by atoms with Gasteiger partial charge in [0.05, 0.1) is 6.61 Å². The van der Waals surface area contributed by atoms with E-state index in [1.165, 1.54) is 11.1 Å². The molecule has 0 radical (unpaired) electrons. The maximum Gasteiger partial charge on any atom is 0.224 e. The molecule has 0 spiro atoms. The summed E-state index contributed by atoms with van der Waals surface area (Å²) in [5.74, 6) is 1.39. The number of carbonyl (C=O) groups excluding carboxylic acids is 1. The van der Waals surface area contributed by atoms with Gasteiger partial charge < -0.3 is 15.2 Å². The standard InChI is InChI=1S/C28H39NO3/c1-17(2)21-11-9-20(10-12-21)13-22-18(3)25(29-24(31)15-27(5,6)7)19(4)23-14-28(8,16-30)32-26(22)23/h9-12,17,30H,13-16H2,1-8H3,(H,29,31). The van der Waals surface area contributed by atoms with Gasteiger partial charge in [-0.2, -0.15) is 0 Å². The molecule has 1 aliphatic rings. The van der Waals surface area contributed by atoms with E-state index >= 15 is 0 Å². The number of rotatable bonds is 6. The molecule has 4 nitrogen and oxygen atoms in total. The fourth-order valence-corrected chi connectivity index (χ4v) is 4.48. The van der Waals surface area contributed by atoms with E-state index in [1.54, 1.807) is 0 Å². The lowest BCUT2D eigenvalue weighted by Gasteiger charge is -2.23. The Morgan fingerprint density at radius 2 is 1.78 bits per heavy atom. The van der Waals surface area contributed by atoms with E-state index in [9.17, 15) is 9.90 Å². The third-order valence-electron chi connectivity index (χ3n) is 6.42. The molecule has 32 heavy (non-hydrogen) atoms. The summed E-state index contributed by atoms with van der Waals surface area (Å²) >= 11 is 0. The Hall–Kier alpha value is -2.33. The number of amides is 1. The number of nitrogens with one attached hydrogen (secondary N) is 1. The van der Waals surface area contributed by atoms with Crippen LogP contribution in [-0.4, -0.2) is 23.2 Å². The van der Waals surface area contributed by atoms with Gasteiger partial charge in [-0.05, 0) is 54.4 Å². The first-order valence-corrected chi connectivity index (χ1v) is 11.7. The Kier molecular flexibility index (Phi) is 6.76. The number of hydrogen-bond donors (Lipinski definition) is 2. The minimum Gasteiger partial charge on any atom is -0.484 e. The molecule has 4 heteroatoms. The van der Waals surface area contributed by atoms with Crippen LogP contribution >= 0.6 is 0 Å². The number of hydrogen-bond acceptors (Lipinski definition) is 3. The van der Waals surface area contributed by atoms with E-state index in [2.05, 4.69) is 71.1 Å². The summed E-state index contributed by atoms with van der Waals surface area (Å²) in [6, 6.07) is 8.74. The predicted molar refractivity (Wildman–Crippen MR) is 132 cm³/mol. The van der Waals surface area contributed by atoms with E-state index < -0.39 is 5.60 Å². The average Bonchev–Trinajstić information content (AvgIpc) is 3.06. The van der Waals surface area contributed by atoms with Crippen LogP contribution in [0.25, 0.3) is 0 Å². The highest BCUT2D eigenvalue weighted by Gasteiger charge is 2.38. The Morgan fingerprint density at radius 1 is 1.16 bits per heavy atom. The van der Waals surface area contributed by atoms with Crippen LogP contribution in [0.4, 0.5) is 5.69 Å². The minimum absolute atomic E-state index is 0.0275. The molecule has 1 unspecified atom stereocenters. The minimum atomic E-state index is -0.635. The van der Waals surface area contributed by atoms with Crippen LogP contribution in [0.2, 0.25) is 0 Å². The van der Waals surface area contributed by atoms with E-state index in [1.807, 2.05) is 13.8 Å². The molecule has 1 aliphatic heterocycles. The zero-order chi connectivity index (χ0) is 23.8. The van der Waals surface area contributed by atoms with Crippen LogP contribution in [0, 0.1) is 19.3 Å². The van der Waals surface area contributed by atoms with Crippen molar-refractivity contribution in [2.24, 2.45) is 5.41 Å². The van der Waals surface area contributed by atoms with E-state index in [0.717, 1.165) is 40.1 Å². The topological polar surface area (TPSA) is 58.6 Å². The van der Waals surface area contributed by atoms with Gasteiger partial charge in [-0.3, -0.25) is 4.79 Å². The quantitative estimate of drug-likeness (QED) is 0.576. The zero-order valence-corrected chi connectivity index (χ0v) is 21.0. The lowest BCUT2D eigenvalue weighted by molar-refractivity contribution is -0.117. The normalized spacial score (nSPS) is 17.9. The molecular weight excluding hydrogens is 398 g/mol. The summed E-state index contributed by atoms with van der Waals surface area (Å²) in [6.45, 7) is 16.6. The molecule has 0 aliphatic carbocycles. The van der Waals surface area contributed by atoms with Crippen molar-refractivity contribution in [3.05, 3.63) is 57.6 Å². The fourth-order valence-electron chi connectivity index (χ4n) is 4.48. The first-order valence-electron chi connectivity index (χ1n) is 11.7. The molecule has 3 rings (SSSR count). The molecule has 2 aromatic carbocycles. The lowest BCUT2D eigenvalue weighted by Crippen LogP contribution is -2.34. The molecule has 2 aromatic rings. The average molecular weight is 438 g/mol. The van der Waals surface area contributed by atoms with Gasteiger partial charge in [-0.15, -0.1) is 0 Å². The second kappa shape index (κ2) is 8.90. The van der Waals surface area contributed by atoms with Gasteiger partial charge in [0.25, 0.3) is 0 Å². The van der Waals surface area contributed by atoms with Crippen molar-refractivity contribution >= 4 is 11.6 Å². The van der Waals surface area contributed by atoms with Gasteiger partial charge in [-0.1, -0.05) is 58.9 Å². The molecule has 174 valence electrons. The van der Waals surface area contributed by atoms with Crippen LogP contribution in [0.3, 0.4) is 0 Å². The molecule has 1 heterocycles. The van der Waals surface area contributed by atoms with Crippen LogP contribution < -0.4 is 10.1 Å². The predicted octanol–water partition coefficient (Wildman–Crippen LogP) is 6.08. The smallest absolute Gasteiger partial charge is 0.224 e.